The first kappa shape index (κ1) is 11.4. The van der Waals surface area contributed by atoms with Crippen LogP contribution in [0.4, 0.5) is 5.82 Å². The summed E-state index contributed by atoms with van der Waals surface area (Å²) in [5.74, 6) is 1.16. The molecule has 0 amide bonds. The number of hydrogen-bond acceptors (Lipinski definition) is 6. The molecule has 0 bridgehead atoms. The Balaban J connectivity index is 1.97. The molecule has 3 heterocycles. The van der Waals surface area contributed by atoms with Crippen LogP contribution < -0.4 is 4.90 Å². The summed E-state index contributed by atoms with van der Waals surface area (Å²) < 4.78 is 23.0. The zero-order valence-electron chi connectivity index (χ0n) is 9.87. The summed E-state index contributed by atoms with van der Waals surface area (Å²) in [7, 11) is -1.04. The second-order valence-corrected chi connectivity index (χ2v) is 6.73. The number of rotatable bonds is 2. The van der Waals surface area contributed by atoms with Crippen LogP contribution in [0.1, 0.15) is 6.42 Å². The third kappa shape index (κ3) is 1.82. The zero-order valence-corrected chi connectivity index (χ0v) is 10.7. The van der Waals surface area contributed by atoms with Crippen molar-refractivity contribution in [2.24, 2.45) is 0 Å². The molecule has 1 atom stereocenters. The maximum absolute atomic E-state index is 11.5. The number of sulfone groups is 1. The van der Waals surface area contributed by atoms with Crippen LogP contribution >= 0.6 is 0 Å². The van der Waals surface area contributed by atoms with E-state index in [1.807, 2.05) is 11.9 Å². The van der Waals surface area contributed by atoms with Gasteiger partial charge in [-0.1, -0.05) is 0 Å². The van der Waals surface area contributed by atoms with Crippen molar-refractivity contribution in [1.29, 1.82) is 0 Å². The molecule has 0 spiro atoms. The summed E-state index contributed by atoms with van der Waals surface area (Å²) in [6.45, 7) is 0. The second kappa shape index (κ2) is 3.91. The number of aromatic amines is 1. The first-order chi connectivity index (χ1) is 8.57. The molecule has 0 saturated carbocycles. The second-order valence-electron chi connectivity index (χ2n) is 4.50. The van der Waals surface area contributed by atoms with Gasteiger partial charge in [-0.3, -0.25) is 5.10 Å². The number of nitrogens with one attached hydrogen (secondary N) is 1. The Morgan fingerprint density at radius 3 is 3.00 bits per heavy atom. The molecule has 3 rings (SSSR count). The van der Waals surface area contributed by atoms with Gasteiger partial charge in [-0.05, 0) is 6.42 Å². The van der Waals surface area contributed by atoms with Crippen LogP contribution in [-0.2, 0) is 9.84 Å². The largest absolute Gasteiger partial charge is 0.355 e. The highest BCUT2D eigenvalue weighted by Gasteiger charge is 2.31. The van der Waals surface area contributed by atoms with E-state index in [-0.39, 0.29) is 17.5 Å². The van der Waals surface area contributed by atoms with E-state index in [0.717, 1.165) is 11.2 Å². The third-order valence-corrected chi connectivity index (χ3v) is 5.07. The highest BCUT2D eigenvalue weighted by molar-refractivity contribution is 7.91. The van der Waals surface area contributed by atoms with Gasteiger partial charge in [0.05, 0.1) is 23.1 Å². The van der Waals surface area contributed by atoms with Crippen molar-refractivity contribution in [2.45, 2.75) is 12.5 Å². The topological polar surface area (TPSA) is 91.8 Å². The fourth-order valence-corrected chi connectivity index (χ4v) is 4.06. The molecule has 0 aromatic carbocycles. The molecule has 7 nitrogen and oxygen atoms in total. The first-order valence-corrected chi connectivity index (χ1v) is 7.46. The summed E-state index contributed by atoms with van der Waals surface area (Å²) in [6, 6.07) is -0.0250. The average molecular weight is 267 g/mol. The number of nitrogens with zero attached hydrogens (tertiary/aromatic N) is 4. The molecule has 1 aliphatic heterocycles. The first-order valence-electron chi connectivity index (χ1n) is 5.64. The molecule has 0 unspecified atom stereocenters. The average Bonchev–Trinajstić information content (AvgIpc) is 2.93. The molecule has 8 heteroatoms. The predicted molar refractivity (Wildman–Crippen MR) is 67.1 cm³/mol. The molecule has 96 valence electrons. The van der Waals surface area contributed by atoms with Gasteiger partial charge in [0.1, 0.15) is 12.1 Å². The van der Waals surface area contributed by atoms with E-state index in [1.165, 1.54) is 6.33 Å². The smallest absolute Gasteiger partial charge is 0.160 e. The van der Waals surface area contributed by atoms with Crippen LogP contribution in [0, 0.1) is 0 Å². The van der Waals surface area contributed by atoms with E-state index in [4.69, 9.17) is 0 Å². The van der Waals surface area contributed by atoms with E-state index in [9.17, 15) is 8.42 Å². The van der Waals surface area contributed by atoms with Gasteiger partial charge >= 0.3 is 0 Å². The summed E-state index contributed by atoms with van der Waals surface area (Å²) in [6.07, 6.45) is 3.75. The van der Waals surface area contributed by atoms with Crippen molar-refractivity contribution < 1.29 is 8.42 Å². The Hall–Kier alpha value is -1.70. The minimum absolute atomic E-state index is 0.0250. The van der Waals surface area contributed by atoms with Gasteiger partial charge in [-0.2, -0.15) is 5.10 Å². The van der Waals surface area contributed by atoms with Crippen LogP contribution in [0.25, 0.3) is 11.0 Å². The lowest BCUT2D eigenvalue weighted by Gasteiger charge is -2.24. The summed E-state index contributed by atoms with van der Waals surface area (Å²) in [4.78, 5) is 10.2. The maximum atomic E-state index is 11.5. The fourth-order valence-electron chi connectivity index (χ4n) is 2.29. The molecule has 1 saturated heterocycles. The summed E-state index contributed by atoms with van der Waals surface area (Å²) in [5, 5.41) is 7.51. The Bertz CT molecular complexity index is 680. The standard InChI is InChI=1S/C10H13N5O2S/c1-15(7-2-3-18(16,17)5-7)10-8-4-13-14-9(8)11-6-12-10/h4,6-7H,2-3,5H2,1H3,(H,11,12,13,14)/t7-/m1/s1. The van der Waals surface area contributed by atoms with E-state index >= 15 is 0 Å². The Morgan fingerprint density at radius 1 is 1.44 bits per heavy atom. The van der Waals surface area contributed by atoms with Crippen molar-refractivity contribution >= 4 is 26.7 Å². The van der Waals surface area contributed by atoms with Gasteiger partial charge in [0, 0.05) is 13.1 Å². The molecule has 0 aliphatic carbocycles. The van der Waals surface area contributed by atoms with Gasteiger partial charge in [0.2, 0.25) is 0 Å². The molecule has 2 aromatic heterocycles. The van der Waals surface area contributed by atoms with Crippen LogP contribution in [0.3, 0.4) is 0 Å². The highest BCUT2D eigenvalue weighted by Crippen LogP contribution is 2.25. The zero-order chi connectivity index (χ0) is 12.8. The Labute approximate surface area is 104 Å². The lowest BCUT2D eigenvalue weighted by Crippen LogP contribution is -2.33. The van der Waals surface area contributed by atoms with Gasteiger partial charge < -0.3 is 4.90 Å². The molecule has 1 N–H and O–H groups in total. The van der Waals surface area contributed by atoms with Gasteiger partial charge in [-0.15, -0.1) is 0 Å². The fraction of sp³-hybridized carbons (Fsp3) is 0.500. The number of anilines is 1. The lowest BCUT2D eigenvalue weighted by atomic mass is 10.2. The normalized spacial score (nSPS) is 22.4. The van der Waals surface area contributed by atoms with Gasteiger partial charge in [0.25, 0.3) is 0 Å². The van der Waals surface area contributed by atoms with Gasteiger partial charge in [-0.25, -0.2) is 18.4 Å². The van der Waals surface area contributed by atoms with E-state index < -0.39 is 9.84 Å². The van der Waals surface area contributed by atoms with Crippen LogP contribution in [0.2, 0.25) is 0 Å². The summed E-state index contributed by atoms with van der Waals surface area (Å²) in [5.41, 5.74) is 0.660. The molecule has 1 aliphatic rings. The lowest BCUT2D eigenvalue weighted by molar-refractivity contribution is 0.600. The van der Waals surface area contributed by atoms with Crippen molar-refractivity contribution in [3.8, 4) is 0 Å². The minimum atomic E-state index is -2.90. The highest BCUT2D eigenvalue weighted by atomic mass is 32.2. The summed E-state index contributed by atoms with van der Waals surface area (Å²) >= 11 is 0. The number of fused-ring (bicyclic) bond motifs is 1. The van der Waals surface area contributed by atoms with E-state index in [1.54, 1.807) is 6.20 Å². The van der Waals surface area contributed by atoms with Crippen molar-refractivity contribution in [3.63, 3.8) is 0 Å². The van der Waals surface area contributed by atoms with Crippen LogP contribution in [-0.4, -0.2) is 53.2 Å². The molecule has 2 aromatic rings. The molecule has 18 heavy (non-hydrogen) atoms. The SMILES string of the molecule is CN(c1ncnc2[nH]ncc12)[C@@H]1CCS(=O)(=O)C1. The monoisotopic (exact) mass is 267 g/mol. The van der Waals surface area contributed by atoms with Crippen molar-refractivity contribution in [2.75, 3.05) is 23.5 Å². The molecule has 1 fully saturated rings. The Morgan fingerprint density at radius 2 is 2.28 bits per heavy atom. The number of hydrogen-bond donors (Lipinski definition) is 1. The maximum Gasteiger partial charge on any atom is 0.160 e. The number of aromatic nitrogens is 4. The van der Waals surface area contributed by atoms with E-state index in [0.29, 0.717) is 12.1 Å². The molecular formula is C10H13N5O2S. The van der Waals surface area contributed by atoms with Crippen molar-refractivity contribution in [1.82, 2.24) is 20.2 Å². The van der Waals surface area contributed by atoms with Crippen LogP contribution in [0.15, 0.2) is 12.5 Å². The molecular weight excluding hydrogens is 254 g/mol. The third-order valence-electron chi connectivity index (χ3n) is 3.32. The van der Waals surface area contributed by atoms with Crippen LogP contribution in [0.5, 0.6) is 0 Å². The van der Waals surface area contributed by atoms with Gasteiger partial charge in [0.15, 0.2) is 15.5 Å². The number of H-pyrrole nitrogens is 1. The Kier molecular flexibility index (Phi) is 2.47. The van der Waals surface area contributed by atoms with E-state index in [2.05, 4.69) is 20.2 Å². The quantitative estimate of drug-likeness (QED) is 0.822. The molecule has 0 radical (unpaired) electrons. The minimum Gasteiger partial charge on any atom is -0.355 e. The van der Waals surface area contributed by atoms with Crippen molar-refractivity contribution in [3.05, 3.63) is 12.5 Å². The predicted octanol–water partition coefficient (Wildman–Crippen LogP) is -0.0238.